The van der Waals surface area contributed by atoms with Crippen LogP contribution in [0.25, 0.3) is 11.5 Å². The van der Waals surface area contributed by atoms with E-state index in [0.717, 1.165) is 21.2 Å². The monoisotopic (exact) mass is 346 g/mol. The number of aromatic nitrogens is 2. The van der Waals surface area contributed by atoms with Gasteiger partial charge in [0.05, 0.1) is 17.4 Å². The Morgan fingerprint density at radius 3 is 2.52 bits per heavy atom. The van der Waals surface area contributed by atoms with Crippen LogP contribution in [0.3, 0.4) is 0 Å². The van der Waals surface area contributed by atoms with Crippen LogP contribution in [0, 0.1) is 0 Å². The number of methoxy groups -OCH3 is 1. The topological polar surface area (TPSA) is 48.2 Å². The zero-order valence-electron chi connectivity index (χ0n) is 12.7. The van der Waals surface area contributed by atoms with Gasteiger partial charge in [0.15, 0.2) is 0 Å². The van der Waals surface area contributed by atoms with E-state index in [1.54, 1.807) is 18.9 Å². The third-order valence-corrected chi connectivity index (χ3v) is 4.87. The first-order valence-corrected chi connectivity index (χ1v) is 8.32. The van der Waals surface area contributed by atoms with Gasteiger partial charge in [0, 0.05) is 10.5 Å². The van der Waals surface area contributed by atoms with Gasteiger partial charge >= 0.3 is 0 Å². The molecule has 0 aliphatic rings. The third kappa shape index (κ3) is 3.68. The molecule has 118 valence electrons. The summed E-state index contributed by atoms with van der Waals surface area (Å²) >= 11 is 7.78. The van der Waals surface area contributed by atoms with E-state index in [1.807, 2.05) is 55.5 Å². The molecule has 0 unspecified atom stereocenters. The second-order valence-electron chi connectivity index (χ2n) is 4.86. The maximum Gasteiger partial charge on any atom is 0.247 e. The minimum atomic E-state index is 0.00870. The molecule has 0 aliphatic heterocycles. The number of halogens is 1. The molecule has 1 atom stereocenters. The van der Waals surface area contributed by atoms with Gasteiger partial charge in [0.2, 0.25) is 11.8 Å². The lowest BCUT2D eigenvalue weighted by Gasteiger charge is -2.07. The highest BCUT2D eigenvalue weighted by Gasteiger charge is 2.17. The predicted octanol–water partition coefficient (Wildman–Crippen LogP) is 5.25. The van der Waals surface area contributed by atoms with E-state index in [9.17, 15) is 0 Å². The van der Waals surface area contributed by atoms with Crippen LogP contribution in [0.2, 0.25) is 5.02 Å². The van der Waals surface area contributed by atoms with E-state index in [0.29, 0.717) is 11.8 Å². The lowest BCUT2D eigenvalue weighted by atomic mass is 10.2. The van der Waals surface area contributed by atoms with Crippen LogP contribution in [0.4, 0.5) is 0 Å². The minimum absolute atomic E-state index is 0.00870. The molecule has 0 fully saturated rings. The number of rotatable bonds is 5. The SMILES string of the molecule is COc1ccc(-c2nnc([C@H](C)Sc3ccccc3Cl)o2)cc1. The highest BCUT2D eigenvalue weighted by atomic mass is 35.5. The number of benzene rings is 2. The molecule has 0 radical (unpaired) electrons. The normalized spacial score (nSPS) is 12.1. The van der Waals surface area contributed by atoms with Crippen LogP contribution in [-0.4, -0.2) is 17.3 Å². The fourth-order valence-corrected chi connectivity index (χ4v) is 3.21. The van der Waals surface area contributed by atoms with Crippen molar-refractivity contribution in [3.05, 3.63) is 59.4 Å². The Hall–Kier alpha value is -1.98. The van der Waals surface area contributed by atoms with Crippen molar-refractivity contribution in [3.63, 3.8) is 0 Å². The molecule has 0 saturated heterocycles. The first kappa shape index (κ1) is 15.9. The van der Waals surface area contributed by atoms with E-state index in [-0.39, 0.29) is 5.25 Å². The van der Waals surface area contributed by atoms with Crippen LogP contribution in [0.5, 0.6) is 5.75 Å². The van der Waals surface area contributed by atoms with E-state index in [2.05, 4.69) is 10.2 Å². The molecule has 6 heteroatoms. The Bertz CT molecular complexity index is 789. The molecule has 0 N–H and O–H groups in total. The molecule has 3 aromatic rings. The quantitative estimate of drug-likeness (QED) is 0.590. The highest BCUT2D eigenvalue weighted by molar-refractivity contribution is 7.99. The summed E-state index contributed by atoms with van der Waals surface area (Å²) in [7, 11) is 1.63. The maximum atomic E-state index is 6.19. The summed E-state index contributed by atoms with van der Waals surface area (Å²) in [4.78, 5) is 0.992. The van der Waals surface area contributed by atoms with Crippen molar-refractivity contribution >= 4 is 23.4 Å². The van der Waals surface area contributed by atoms with Crippen LogP contribution in [-0.2, 0) is 0 Å². The summed E-state index contributed by atoms with van der Waals surface area (Å²) in [5, 5.41) is 9.00. The van der Waals surface area contributed by atoms with Crippen LogP contribution in [0.15, 0.2) is 57.8 Å². The summed E-state index contributed by atoms with van der Waals surface area (Å²) in [6.07, 6.45) is 0. The van der Waals surface area contributed by atoms with E-state index in [4.69, 9.17) is 20.8 Å². The van der Waals surface area contributed by atoms with Gasteiger partial charge in [-0.15, -0.1) is 22.0 Å². The summed E-state index contributed by atoms with van der Waals surface area (Å²) in [5.74, 6) is 1.85. The molecule has 23 heavy (non-hydrogen) atoms. The van der Waals surface area contributed by atoms with E-state index >= 15 is 0 Å². The highest BCUT2D eigenvalue weighted by Crippen LogP contribution is 2.38. The second kappa shape index (κ2) is 7.06. The molecule has 0 aliphatic carbocycles. The predicted molar refractivity (Wildman–Crippen MR) is 92.0 cm³/mol. The molecule has 0 bridgehead atoms. The Balaban J connectivity index is 1.76. The fourth-order valence-electron chi connectivity index (χ4n) is 2.03. The molecule has 1 aromatic heterocycles. The molecule has 1 heterocycles. The number of ether oxygens (including phenoxy) is 1. The minimum Gasteiger partial charge on any atom is -0.497 e. The fraction of sp³-hybridized carbons (Fsp3) is 0.176. The van der Waals surface area contributed by atoms with Crippen molar-refractivity contribution in [1.29, 1.82) is 0 Å². The van der Waals surface area contributed by atoms with Crippen molar-refractivity contribution in [2.75, 3.05) is 7.11 Å². The lowest BCUT2D eigenvalue weighted by molar-refractivity contribution is 0.415. The van der Waals surface area contributed by atoms with Gasteiger partial charge in [0.1, 0.15) is 5.75 Å². The van der Waals surface area contributed by atoms with E-state index < -0.39 is 0 Å². The zero-order valence-corrected chi connectivity index (χ0v) is 14.3. The smallest absolute Gasteiger partial charge is 0.247 e. The standard InChI is InChI=1S/C17H15ClN2O2S/c1-11(23-15-6-4-3-5-14(15)18)16-19-20-17(22-16)12-7-9-13(21-2)10-8-12/h3-11H,1-2H3/t11-/m0/s1. The van der Waals surface area contributed by atoms with Gasteiger partial charge < -0.3 is 9.15 Å². The van der Waals surface area contributed by atoms with Crippen molar-refractivity contribution in [2.45, 2.75) is 17.1 Å². The Morgan fingerprint density at radius 2 is 1.83 bits per heavy atom. The first-order valence-electron chi connectivity index (χ1n) is 7.06. The van der Waals surface area contributed by atoms with Gasteiger partial charge in [-0.05, 0) is 43.3 Å². The molecule has 0 spiro atoms. The Kier molecular flexibility index (Phi) is 4.88. The summed E-state index contributed by atoms with van der Waals surface area (Å²) in [6, 6.07) is 15.2. The average Bonchev–Trinajstić information content (AvgIpc) is 3.07. The average molecular weight is 347 g/mol. The number of thioether (sulfide) groups is 1. The molecule has 4 nitrogen and oxygen atoms in total. The first-order chi connectivity index (χ1) is 11.2. The van der Waals surface area contributed by atoms with Gasteiger partial charge in [-0.1, -0.05) is 23.7 Å². The van der Waals surface area contributed by atoms with Crippen molar-refractivity contribution in [1.82, 2.24) is 10.2 Å². The van der Waals surface area contributed by atoms with Crippen molar-refractivity contribution in [2.24, 2.45) is 0 Å². The van der Waals surface area contributed by atoms with Gasteiger partial charge in [-0.2, -0.15) is 0 Å². The molecular weight excluding hydrogens is 332 g/mol. The largest absolute Gasteiger partial charge is 0.497 e. The lowest BCUT2D eigenvalue weighted by Crippen LogP contribution is -1.88. The second-order valence-corrected chi connectivity index (χ2v) is 6.65. The molecule has 2 aromatic carbocycles. The van der Waals surface area contributed by atoms with Crippen LogP contribution < -0.4 is 4.74 Å². The number of hydrogen-bond donors (Lipinski definition) is 0. The number of hydrogen-bond acceptors (Lipinski definition) is 5. The molecule has 0 amide bonds. The van der Waals surface area contributed by atoms with Crippen molar-refractivity contribution in [3.8, 4) is 17.2 Å². The molecular formula is C17H15ClN2O2S. The summed E-state index contributed by atoms with van der Waals surface area (Å²) < 4.78 is 10.9. The van der Waals surface area contributed by atoms with E-state index in [1.165, 1.54) is 0 Å². The van der Waals surface area contributed by atoms with Crippen LogP contribution in [0.1, 0.15) is 18.1 Å². The maximum absolute atomic E-state index is 6.19. The molecule has 3 rings (SSSR count). The van der Waals surface area contributed by atoms with Crippen molar-refractivity contribution < 1.29 is 9.15 Å². The molecule has 0 saturated carbocycles. The van der Waals surface area contributed by atoms with Gasteiger partial charge in [0.25, 0.3) is 0 Å². The third-order valence-electron chi connectivity index (χ3n) is 3.27. The summed E-state index contributed by atoms with van der Waals surface area (Å²) in [6.45, 7) is 2.01. The summed E-state index contributed by atoms with van der Waals surface area (Å²) in [5.41, 5.74) is 0.861. The van der Waals surface area contributed by atoms with Crippen LogP contribution >= 0.6 is 23.4 Å². The van der Waals surface area contributed by atoms with Gasteiger partial charge in [-0.25, -0.2) is 0 Å². The zero-order chi connectivity index (χ0) is 16.2. The Labute approximate surface area is 143 Å². The van der Waals surface area contributed by atoms with Gasteiger partial charge in [-0.3, -0.25) is 0 Å². The number of nitrogens with zero attached hydrogens (tertiary/aromatic N) is 2. The Morgan fingerprint density at radius 1 is 1.09 bits per heavy atom.